The standard InChI is InChI=1S/C16H24N2O2/c1-10(12-4-5-15(19)16(6-12)20-3)18-9-13-7-17-8-14(13)11(18)2/h4-6,10-11,13-14,17,19H,7-9H2,1-3H3. The van der Waals surface area contributed by atoms with Crippen LogP contribution in [0.5, 0.6) is 11.5 Å². The molecule has 0 spiro atoms. The molecule has 0 bridgehead atoms. The minimum atomic E-state index is 0.207. The normalized spacial score (nSPS) is 31.2. The molecule has 4 nitrogen and oxygen atoms in total. The average molecular weight is 276 g/mol. The van der Waals surface area contributed by atoms with E-state index in [1.807, 2.05) is 12.1 Å². The first-order valence-electron chi connectivity index (χ1n) is 7.45. The van der Waals surface area contributed by atoms with Crippen LogP contribution in [0.25, 0.3) is 0 Å². The molecule has 2 aliphatic heterocycles. The van der Waals surface area contributed by atoms with Crippen molar-refractivity contribution in [2.45, 2.75) is 25.9 Å². The van der Waals surface area contributed by atoms with Crippen molar-refractivity contribution < 1.29 is 9.84 Å². The van der Waals surface area contributed by atoms with E-state index in [0.29, 0.717) is 17.8 Å². The summed E-state index contributed by atoms with van der Waals surface area (Å²) in [6, 6.07) is 6.64. The predicted octanol–water partition coefficient (Wildman–Crippen LogP) is 2.00. The molecule has 1 aromatic rings. The molecular weight excluding hydrogens is 252 g/mol. The molecule has 0 aliphatic carbocycles. The van der Waals surface area contributed by atoms with Crippen molar-refractivity contribution in [2.75, 3.05) is 26.7 Å². The van der Waals surface area contributed by atoms with E-state index in [2.05, 4.69) is 24.1 Å². The van der Waals surface area contributed by atoms with Crippen molar-refractivity contribution in [1.82, 2.24) is 10.2 Å². The van der Waals surface area contributed by atoms with Crippen LogP contribution >= 0.6 is 0 Å². The van der Waals surface area contributed by atoms with Crippen molar-refractivity contribution in [1.29, 1.82) is 0 Å². The van der Waals surface area contributed by atoms with Gasteiger partial charge >= 0.3 is 0 Å². The van der Waals surface area contributed by atoms with Gasteiger partial charge in [0.1, 0.15) is 0 Å². The Hall–Kier alpha value is -1.26. The molecule has 2 N–H and O–H groups in total. The van der Waals surface area contributed by atoms with Crippen LogP contribution in [0.3, 0.4) is 0 Å². The van der Waals surface area contributed by atoms with Crippen LogP contribution in [0.2, 0.25) is 0 Å². The first kappa shape index (κ1) is 13.7. The second-order valence-corrected chi connectivity index (χ2v) is 6.13. The molecule has 2 fully saturated rings. The Morgan fingerprint density at radius 2 is 2.20 bits per heavy atom. The maximum atomic E-state index is 9.72. The first-order valence-corrected chi connectivity index (χ1v) is 7.45. The Labute approximate surface area is 120 Å². The Morgan fingerprint density at radius 3 is 2.90 bits per heavy atom. The summed E-state index contributed by atoms with van der Waals surface area (Å²) in [5.41, 5.74) is 1.21. The number of hydrogen-bond acceptors (Lipinski definition) is 4. The van der Waals surface area contributed by atoms with Gasteiger partial charge in [0.25, 0.3) is 0 Å². The van der Waals surface area contributed by atoms with E-state index in [1.165, 1.54) is 5.56 Å². The number of phenolic OH excluding ortho intramolecular Hbond substituents is 1. The van der Waals surface area contributed by atoms with Gasteiger partial charge < -0.3 is 15.2 Å². The number of nitrogens with one attached hydrogen (secondary N) is 1. The zero-order valence-corrected chi connectivity index (χ0v) is 12.5. The summed E-state index contributed by atoms with van der Waals surface area (Å²) >= 11 is 0. The van der Waals surface area contributed by atoms with Gasteiger partial charge in [-0.15, -0.1) is 0 Å². The van der Waals surface area contributed by atoms with Gasteiger partial charge in [0, 0.05) is 18.6 Å². The number of nitrogens with zero attached hydrogens (tertiary/aromatic N) is 1. The fourth-order valence-corrected chi connectivity index (χ4v) is 3.86. The molecule has 20 heavy (non-hydrogen) atoms. The van der Waals surface area contributed by atoms with Crippen LogP contribution < -0.4 is 10.1 Å². The molecule has 3 rings (SSSR count). The minimum absolute atomic E-state index is 0.207. The van der Waals surface area contributed by atoms with Crippen molar-refractivity contribution in [3.05, 3.63) is 23.8 Å². The third-order valence-corrected chi connectivity index (χ3v) is 5.16. The van der Waals surface area contributed by atoms with E-state index >= 15 is 0 Å². The van der Waals surface area contributed by atoms with Crippen molar-refractivity contribution in [3.8, 4) is 11.5 Å². The van der Waals surface area contributed by atoms with Gasteiger partial charge in [-0.05, 0) is 56.5 Å². The number of hydrogen-bond donors (Lipinski definition) is 2. The molecule has 2 aliphatic rings. The van der Waals surface area contributed by atoms with Gasteiger partial charge in [-0.2, -0.15) is 0 Å². The first-order chi connectivity index (χ1) is 9.61. The number of phenols is 1. The van der Waals surface area contributed by atoms with Crippen molar-refractivity contribution in [3.63, 3.8) is 0 Å². The highest BCUT2D eigenvalue weighted by molar-refractivity contribution is 5.42. The molecule has 0 aromatic heterocycles. The van der Waals surface area contributed by atoms with E-state index < -0.39 is 0 Å². The van der Waals surface area contributed by atoms with Crippen molar-refractivity contribution in [2.24, 2.45) is 11.8 Å². The SMILES string of the molecule is COc1cc(C(C)N2CC3CNCC3C2C)ccc1O. The van der Waals surface area contributed by atoms with E-state index in [1.54, 1.807) is 13.2 Å². The van der Waals surface area contributed by atoms with E-state index in [0.717, 1.165) is 31.5 Å². The lowest BCUT2D eigenvalue weighted by Gasteiger charge is -2.31. The van der Waals surface area contributed by atoms with E-state index in [-0.39, 0.29) is 5.75 Å². The topological polar surface area (TPSA) is 44.7 Å². The van der Waals surface area contributed by atoms with Crippen molar-refractivity contribution >= 4 is 0 Å². The van der Waals surface area contributed by atoms with Gasteiger partial charge in [0.15, 0.2) is 11.5 Å². The van der Waals surface area contributed by atoms with E-state index in [9.17, 15) is 5.11 Å². The van der Waals surface area contributed by atoms with Crippen LogP contribution in [0.4, 0.5) is 0 Å². The zero-order chi connectivity index (χ0) is 14.3. The number of aromatic hydroxyl groups is 1. The molecular formula is C16H24N2O2. The van der Waals surface area contributed by atoms with Crippen LogP contribution in [-0.2, 0) is 0 Å². The van der Waals surface area contributed by atoms with Crippen LogP contribution in [-0.4, -0.2) is 42.8 Å². The number of ether oxygens (including phenoxy) is 1. The summed E-state index contributed by atoms with van der Waals surface area (Å²) in [6.07, 6.45) is 0. The number of likely N-dealkylation sites (tertiary alicyclic amines) is 1. The number of methoxy groups -OCH3 is 1. The Morgan fingerprint density at radius 1 is 1.40 bits per heavy atom. The molecule has 110 valence electrons. The lowest BCUT2D eigenvalue weighted by molar-refractivity contribution is 0.182. The highest BCUT2D eigenvalue weighted by Gasteiger charge is 2.43. The highest BCUT2D eigenvalue weighted by Crippen LogP contribution is 2.39. The molecule has 1 aromatic carbocycles. The summed E-state index contributed by atoms with van der Waals surface area (Å²) in [7, 11) is 1.60. The summed E-state index contributed by atoms with van der Waals surface area (Å²) in [4.78, 5) is 2.59. The lowest BCUT2D eigenvalue weighted by Crippen LogP contribution is -2.35. The van der Waals surface area contributed by atoms with Crippen LogP contribution in [0, 0.1) is 11.8 Å². The van der Waals surface area contributed by atoms with Gasteiger partial charge in [0.05, 0.1) is 7.11 Å². The monoisotopic (exact) mass is 276 g/mol. The summed E-state index contributed by atoms with van der Waals surface area (Å²) in [5, 5.41) is 13.2. The average Bonchev–Trinajstić information content (AvgIpc) is 3.02. The molecule has 4 heteroatoms. The molecule has 0 radical (unpaired) electrons. The quantitative estimate of drug-likeness (QED) is 0.886. The lowest BCUT2D eigenvalue weighted by atomic mass is 9.95. The largest absolute Gasteiger partial charge is 0.504 e. The second kappa shape index (κ2) is 5.26. The molecule has 4 atom stereocenters. The summed E-state index contributed by atoms with van der Waals surface area (Å²) in [6.45, 7) is 8.04. The minimum Gasteiger partial charge on any atom is -0.504 e. The van der Waals surface area contributed by atoms with Gasteiger partial charge in [-0.1, -0.05) is 6.07 Å². The predicted molar refractivity (Wildman–Crippen MR) is 79.1 cm³/mol. The third kappa shape index (κ3) is 2.17. The van der Waals surface area contributed by atoms with Crippen LogP contribution in [0.15, 0.2) is 18.2 Å². The van der Waals surface area contributed by atoms with Gasteiger partial charge in [-0.3, -0.25) is 4.90 Å². The van der Waals surface area contributed by atoms with Crippen LogP contribution in [0.1, 0.15) is 25.5 Å². The Bertz CT molecular complexity index is 491. The number of rotatable bonds is 3. The van der Waals surface area contributed by atoms with Gasteiger partial charge in [-0.25, -0.2) is 0 Å². The number of benzene rings is 1. The summed E-state index contributed by atoms with van der Waals surface area (Å²) < 4.78 is 5.22. The number of fused-ring (bicyclic) bond motifs is 1. The smallest absolute Gasteiger partial charge is 0.160 e. The Balaban J connectivity index is 1.80. The highest BCUT2D eigenvalue weighted by atomic mass is 16.5. The molecule has 2 saturated heterocycles. The van der Waals surface area contributed by atoms with E-state index in [4.69, 9.17) is 4.74 Å². The molecule has 0 amide bonds. The fourth-order valence-electron chi connectivity index (χ4n) is 3.86. The second-order valence-electron chi connectivity index (χ2n) is 6.13. The maximum absolute atomic E-state index is 9.72. The third-order valence-electron chi connectivity index (χ3n) is 5.16. The maximum Gasteiger partial charge on any atom is 0.160 e. The zero-order valence-electron chi connectivity index (χ0n) is 12.5. The molecule has 0 saturated carbocycles. The molecule has 2 heterocycles. The van der Waals surface area contributed by atoms with Gasteiger partial charge in [0.2, 0.25) is 0 Å². The Kier molecular flexibility index (Phi) is 3.61. The molecule has 4 unspecified atom stereocenters. The fraction of sp³-hybridized carbons (Fsp3) is 0.625. The summed E-state index contributed by atoms with van der Waals surface area (Å²) in [5.74, 6) is 2.32.